The number of hydrogen-bond donors (Lipinski definition) is 6. The second kappa shape index (κ2) is 18.7. The van der Waals surface area contributed by atoms with Gasteiger partial charge in [0.25, 0.3) is 0 Å². The number of ether oxygens (including phenoxy) is 2. The molecule has 1 aliphatic heterocycles. The van der Waals surface area contributed by atoms with Crippen molar-refractivity contribution < 1.29 is 33.4 Å². The van der Waals surface area contributed by atoms with Crippen LogP contribution in [-0.2, 0) is 33.4 Å². The summed E-state index contributed by atoms with van der Waals surface area (Å²) < 4.78 is 12.5. The molecule has 14 heteroatoms. The minimum absolute atomic E-state index is 0.0444. The molecular weight excluding hydrogens is 678 g/mol. The van der Waals surface area contributed by atoms with Crippen LogP contribution in [0.1, 0.15) is 117 Å². The van der Waals surface area contributed by atoms with Gasteiger partial charge in [0.05, 0.1) is 31.3 Å². The molecule has 1 spiro atoms. The Hall–Kier alpha value is -2.81. The summed E-state index contributed by atoms with van der Waals surface area (Å²) in [6.07, 6.45) is 13.0. The average Bonchev–Trinajstić information content (AvgIpc) is 3.09. The summed E-state index contributed by atoms with van der Waals surface area (Å²) in [6, 6.07) is -4.37. The minimum Gasteiger partial charge on any atom is -0.375 e. The number of amides is 5. The lowest BCUT2D eigenvalue weighted by Gasteiger charge is -2.55. The maximum atomic E-state index is 14.3. The van der Waals surface area contributed by atoms with Crippen LogP contribution in [0.25, 0.3) is 0 Å². The van der Waals surface area contributed by atoms with Crippen molar-refractivity contribution >= 4 is 29.5 Å². The number of nitrogens with zero attached hydrogens (tertiary/aromatic N) is 1. The Morgan fingerprint density at radius 3 is 2.13 bits per heavy atom. The van der Waals surface area contributed by atoms with E-state index in [4.69, 9.17) is 20.9 Å². The minimum atomic E-state index is -1.16. The molecular formula is C39H67N7O7. The van der Waals surface area contributed by atoms with Gasteiger partial charge < -0.3 is 47.1 Å². The number of nitrogens with one attached hydrogen (secondary N) is 4. The topological polar surface area (TPSA) is 207 Å². The Balaban J connectivity index is 1.41. The first-order chi connectivity index (χ1) is 25.3. The number of rotatable bonds is 9. The van der Waals surface area contributed by atoms with Gasteiger partial charge in [0.2, 0.25) is 29.5 Å². The van der Waals surface area contributed by atoms with E-state index in [1.54, 1.807) is 7.05 Å². The van der Waals surface area contributed by atoms with Gasteiger partial charge in [-0.1, -0.05) is 46.0 Å². The van der Waals surface area contributed by atoms with Gasteiger partial charge in [-0.3, -0.25) is 24.0 Å². The van der Waals surface area contributed by atoms with Crippen molar-refractivity contribution in [2.45, 2.75) is 166 Å². The molecule has 300 valence electrons. The third-order valence-corrected chi connectivity index (χ3v) is 12.8. The fourth-order valence-corrected chi connectivity index (χ4v) is 9.26. The van der Waals surface area contributed by atoms with E-state index in [0.717, 1.165) is 44.9 Å². The fourth-order valence-electron chi connectivity index (χ4n) is 9.26. The number of nitrogens with two attached hydrogens (primary N) is 2. The lowest BCUT2D eigenvalue weighted by atomic mass is 9.51. The van der Waals surface area contributed by atoms with Crippen molar-refractivity contribution in [1.82, 2.24) is 26.2 Å². The van der Waals surface area contributed by atoms with Gasteiger partial charge in [-0.2, -0.15) is 0 Å². The Bertz CT molecular complexity index is 1280. The third-order valence-electron chi connectivity index (χ3n) is 12.8. The average molecular weight is 746 g/mol. The summed E-state index contributed by atoms with van der Waals surface area (Å²) in [5.41, 5.74) is 12.4. The molecule has 14 nitrogen and oxygen atoms in total. The van der Waals surface area contributed by atoms with E-state index >= 15 is 0 Å². The zero-order valence-electron chi connectivity index (χ0n) is 32.5. The van der Waals surface area contributed by atoms with Crippen LogP contribution in [0, 0.1) is 23.2 Å². The van der Waals surface area contributed by atoms with Gasteiger partial charge in [-0.15, -0.1) is 0 Å². The molecule has 5 amide bonds. The highest BCUT2D eigenvalue weighted by Crippen LogP contribution is 2.60. The van der Waals surface area contributed by atoms with Crippen molar-refractivity contribution in [2.75, 3.05) is 26.8 Å². The third kappa shape index (κ3) is 10.5. The van der Waals surface area contributed by atoms with Crippen molar-refractivity contribution in [3.8, 4) is 0 Å². The number of likely N-dealkylation sites (N-methyl/N-ethyl adjacent to an activating group) is 1. The molecule has 53 heavy (non-hydrogen) atoms. The van der Waals surface area contributed by atoms with E-state index in [1.807, 2.05) is 20.8 Å². The molecule has 5 fully saturated rings. The Morgan fingerprint density at radius 2 is 1.53 bits per heavy atom. The van der Waals surface area contributed by atoms with E-state index in [2.05, 4.69) is 21.3 Å². The van der Waals surface area contributed by atoms with E-state index in [9.17, 15) is 24.0 Å². The van der Waals surface area contributed by atoms with Gasteiger partial charge in [-0.25, -0.2) is 0 Å². The van der Waals surface area contributed by atoms with Crippen LogP contribution in [0.2, 0.25) is 0 Å². The Morgan fingerprint density at radius 1 is 0.868 bits per heavy atom. The second-order valence-electron chi connectivity index (χ2n) is 17.1. The van der Waals surface area contributed by atoms with Crippen molar-refractivity contribution in [2.24, 2.45) is 34.6 Å². The number of carbonyl (C=O) groups excluding carboxylic acids is 5. The molecule has 0 radical (unpaired) electrons. The largest absolute Gasteiger partial charge is 0.375 e. The smallest absolute Gasteiger partial charge is 0.245 e. The number of hydrogen-bond acceptors (Lipinski definition) is 9. The Labute approximate surface area is 315 Å². The van der Waals surface area contributed by atoms with Crippen molar-refractivity contribution in [3.63, 3.8) is 0 Å². The maximum Gasteiger partial charge on any atom is 0.245 e. The van der Waals surface area contributed by atoms with Crippen LogP contribution >= 0.6 is 0 Å². The quantitative estimate of drug-likeness (QED) is 0.203. The molecule has 1 heterocycles. The van der Waals surface area contributed by atoms with E-state index < -0.39 is 65.9 Å². The summed E-state index contributed by atoms with van der Waals surface area (Å²) in [7, 11) is 1.66. The van der Waals surface area contributed by atoms with Gasteiger partial charge in [0, 0.05) is 25.7 Å². The molecule has 4 saturated carbocycles. The number of carbonyl (C=O) groups is 5. The van der Waals surface area contributed by atoms with E-state index in [1.165, 1.54) is 24.2 Å². The summed E-state index contributed by atoms with van der Waals surface area (Å²) in [6.45, 7) is 5.50. The molecule has 5 aliphatic rings. The van der Waals surface area contributed by atoms with E-state index in [-0.39, 0.29) is 43.7 Å². The fraction of sp³-hybridized carbons (Fsp3) is 0.872. The maximum absolute atomic E-state index is 14.3. The zero-order chi connectivity index (χ0) is 38.3. The molecule has 1 saturated heterocycles. The molecule has 5 rings (SSSR count). The van der Waals surface area contributed by atoms with Crippen LogP contribution in [0.15, 0.2) is 0 Å². The first-order valence-electron chi connectivity index (χ1n) is 20.5. The highest BCUT2D eigenvalue weighted by atomic mass is 16.5. The molecule has 8 N–H and O–H groups in total. The first-order valence-corrected chi connectivity index (χ1v) is 20.5. The SMILES string of the molecule is CCC[C@H]1C(=O)N[C@@H](C2CCCCC2)C(=O)N[C@@H](CN)C(=O)N[C@@H](COC2CC(N)C2)C(=O)N[C@H](C)CO[C@H](CC2CC3(CCC3)C2)[C@@H](C)C(=O)N1C. The van der Waals surface area contributed by atoms with Crippen LogP contribution in [-0.4, -0.2) is 110 Å². The molecule has 0 unspecified atom stereocenters. The molecule has 7 atom stereocenters. The molecule has 4 aliphatic carbocycles. The van der Waals surface area contributed by atoms with Gasteiger partial charge >= 0.3 is 0 Å². The summed E-state index contributed by atoms with van der Waals surface area (Å²) >= 11 is 0. The van der Waals surface area contributed by atoms with Gasteiger partial charge in [0.15, 0.2) is 0 Å². The molecule has 0 aromatic rings. The molecule has 0 aromatic heterocycles. The summed E-state index contributed by atoms with van der Waals surface area (Å²) in [4.78, 5) is 71.4. The predicted octanol–water partition coefficient (Wildman–Crippen LogP) is 1.62. The zero-order valence-corrected chi connectivity index (χ0v) is 32.5. The van der Waals surface area contributed by atoms with Crippen LogP contribution in [0.4, 0.5) is 0 Å². The van der Waals surface area contributed by atoms with Gasteiger partial charge in [0.1, 0.15) is 24.2 Å². The van der Waals surface area contributed by atoms with Crippen LogP contribution in [0.5, 0.6) is 0 Å². The van der Waals surface area contributed by atoms with Crippen LogP contribution in [0.3, 0.4) is 0 Å². The normalized spacial score (nSPS) is 35.7. The van der Waals surface area contributed by atoms with Crippen molar-refractivity contribution in [3.05, 3.63) is 0 Å². The Kier molecular flexibility index (Phi) is 14.6. The highest BCUT2D eigenvalue weighted by molar-refractivity contribution is 5.96. The van der Waals surface area contributed by atoms with Crippen molar-refractivity contribution in [1.29, 1.82) is 0 Å². The highest BCUT2D eigenvalue weighted by Gasteiger charge is 2.49. The molecule has 0 bridgehead atoms. The van der Waals surface area contributed by atoms with Gasteiger partial charge in [-0.05, 0) is 88.4 Å². The lowest BCUT2D eigenvalue weighted by molar-refractivity contribution is -0.148. The van der Waals surface area contributed by atoms with E-state index in [0.29, 0.717) is 43.4 Å². The summed E-state index contributed by atoms with van der Waals surface area (Å²) in [5, 5.41) is 11.5. The first kappa shape index (κ1) is 41.4. The van der Waals surface area contributed by atoms with Crippen LogP contribution < -0.4 is 32.7 Å². The predicted molar refractivity (Wildman–Crippen MR) is 200 cm³/mol. The standard InChI is InChI=1S/C39H67N7O7/c1-5-10-31-36(49)45-33(26-11-7-6-8-12-26)37(50)43-29(20-40)34(47)44-30(22-52-28-16-27(41)17-28)35(48)42-23(2)21-53-32(24(3)38(51)46(31)4)15-25-18-39(19-25)13-9-14-39/h23-33H,5-22,40-41H2,1-4H3,(H,42,48)(H,43,50)(H,44,47)(H,45,49)/t23-,24-,27?,28?,29+,30+,31+,32-,33+/m1/s1. The summed E-state index contributed by atoms with van der Waals surface area (Å²) in [5.74, 6) is -2.44. The second-order valence-corrected chi connectivity index (χ2v) is 17.1. The monoisotopic (exact) mass is 746 g/mol. The molecule has 0 aromatic carbocycles. The lowest BCUT2D eigenvalue weighted by Crippen LogP contribution is -2.62.